The first-order valence-electron chi connectivity index (χ1n) is 4.77. The van der Waals surface area contributed by atoms with Gasteiger partial charge < -0.3 is 0 Å². The van der Waals surface area contributed by atoms with Crippen molar-refractivity contribution in [2.45, 2.75) is 13.3 Å². The number of hydrogen-bond donors (Lipinski definition) is 0. The molecule has 0 saturated carbocycles. The molecule has 0 atom stereocenters. The fourth-order valence-corrected chi connectivity index (χ4v) is 1.55. The van der Waals surface area contributed by atoms with Crippen LogP contribution in [0.4, 0.5) is 0 Å². The van der Waals surface area contributed by atoms with Crippen molar-refractivity contribution in [3.8, 4) is 0 Å². The Hall–Kier alpha value is -1.41. The zero-order valence-corrected chi connectivity index (χ0v) is 9.20. The van der Waals surface area contributed by atoms with Crippen LogP contribution in [0.5, 0.6) is 0 Å². The third-order valence-electron chi connectivity index (χ3n) is 2.19. The van der Waals surface area contributed by atoms with Crippen molar-refractivity contribution < 1.29 is 0 Å². The standard InChI is InChI=1S/C12H11ClN2/c1-9-2-4-10(5-3-9)8-11-6-7-14-12(13)15-11/h2-7H,8H2,1H3. The lowest BCUT2D eigenvalue weighted by Gasteiger charge is -2.01. The molecule has 0 bridgehead atoms. The van der Waals surface area contributed by atoms with Gasteiger partial charge in [0.15, 0.2) is 0 Å². The van der Waals surface area contributed by atoms with Crippen LogP contribution in [0.3, 0.4) is 0 Å². The van der Waals surface area contributed by atoms with E-state index >= 15 is 0 Å². The fraction of sp³-hybridized carbons (Fsp3) is 0.167. The number of halogens is 1. The van der Waals surface area contributed by atoms with E-state index in [1.54, 1.807) is 6.20 Å². The number of rotatable bonds is 2. The van der Waals surface area contributed by atoms with Gasteiger partial charge in [-0.1, -0.05) is 29.8 Å². The summed E-state index contributed by atoms with van der Waals surface area (Å²) in [6, 6.07) is 10.3. The van der Waals surface area contributed by atoms with Crippen LogP contribution in [0.2, 0.25) is 5.28 Å². The van der Waals surface area contributed by atoms with Crippen molar-refractivity contribution in [1.29, 1.82) is 0 Å². The van der Waals surface area contributed by atoms with E-state index in [2.05, 4.69) is 41.2 Å². The Morgan fingerprint density at radius 2 is 1.87 bits per heavy atom. The topological polar surface area (TPSA) is 25.8 Å². The molecular weight excluding hydrogens is 208 g/mol. The molecule has 0 saturated heterocycles. The third kappa shape index (κ3) is 2.77. The lowest BCUT2D eigenvalue weighted by atomic mass is 10.1. The van der Waals surface area contributed by atoms with Crippen molar-refractivity contribution in [3.05, 3.63) is 58.6 Å². The first-order valence-corrected chi connectivity index (χ1v) is 5.15. The molecule has 3 heteroatoms. The van der Waals surface area contributed by atoms with E-state index < -0.39 is 0 Å². The van der Waals surface area contributed by atoms with Crippen LogP contribution in [0, 0.1) is 6.92 Å². The predicted molar refractivity (Wildman–Crippen MR) is 61.0 cm³/mol. The molecule has 0 aliphatic heterocycles. The molecule has 76 valence electrons. The summed E-state index contributed by atoms with van der Waals surface area (Å²) >= 11 is 5.71. The second kappa shape index (κ2) is 4.41. The molecule has 0 unspecified atom stereocenters. The molecule has 0 fully saturated rings. The van der Waals surface area contributed by atoms with Crippen LogP contribution >= 0.6 is 11.6 Å². The molecule has 2 aromatic rings. The Balaban J connectivity index is 2.18. The van der Waals surface area contributed by atoms with Crippen LogP contribution in [0.25, 0.3) is 0 Å². The highest BCUT2D eigenvalue weighted by Crippen LogP contribution is 2.09. The molecule has 1 aromatic carbocycles. The Kier molecular flexibility index (Phi) is 2.97. The molecule has 0 N–H and O–H groups in total. The van der Waals surface area contributed by atoms with E-state index in [9.17, 15) is 0 Å². The summed E-state index contributed by atoms with van der Waals surface area (Å²) in [6.07, 6.45) is 2.47. The fourth-order valence-electron chi connectivity index (χ4n) is 1.38. The molecule has 1 aromatic heterocycles. The molecule has 0 aliphatic carbocycles. The van der Waals surface area contributed by atoms with Gasteiger partial charge in [-0.15, -0.1) is 0 Å². The zero-order valence-electron chi connectivity index (χ0n) is 8.44. The summed E-state index contributed by atoms with van der Waals surface area (Å²) in [4.78, 5) is 8.00. The molecule has 15 heavy (non-hydrogen) atoms. The lowest BCUT2D eigenvalue weighted by Crippen LogP contribution is -1.93. The van der Waals surface area contributed by atoms with Gasteiger partial charge in [0, 0.05) is 18.3 Å². The smallest absolute Gasteiger partial charge is 0.222 e. The normalized spacial score (nSPS) is 10.3. The lowest BCUT2D eigenvalue weighted by molar-refractivity contribution is 1.03. The van der Waals surface area contributed by atoms with E-state index in [-0.39, 0.29) is 0 Å². The summed E-state index contributed by atoms with van der Waals surface area (Å²) in [5.41, 5.74) is 3.44. The van der Waals surface area contributed by atoms with Gasteiger partial charge in [0.2, 0.25) is 5.28 Å². The van der Waals surface area contributed by atoms with E-state index in [1.165, 1.54) is 11.1 Å². The van der Waals surface area contributed by atoms with Crippen molar-refractivity contribution in [2.24, 2.45) is 0 Å². The van der Waals surface area contributed by atoms with Crippen LogP contribution in [-0.4, -0.2) is 9.97 Å². The molecular formula is C12H11ClN2. The Morgan fingerprint density at radius 1 is 1.13 bits per heavy atom. The van der Waals surface area contributed by atoms with E-state index in [4.69, 9.17) is 11.6 Å². The number of hydrogen-bond acceptors (Lipinski definition) is 2. The molecule has 2 rings (SSSR count). The molecule has 2 nitrogen and oxygen atoms in total. The van der Waals surface area contributed by atoms with Crippen molar-refractivity contribution in [2.75, 3.05) is 0 Å². The minimum atomic E-state index is 0.305. The quantitative estimate of drug-likeness (QED) is 0.725. The van der Waals surface area contributed by atoms with Gasteiger partial charge in [-0.3, -0.25) is 0 Å². The third-order valence-corrected chi connectivity index (χ3v) is 2.37. The molecule has 0 aliphatic rings. The molecule has 0 amide bonds. The molecule has 0 radical (unpaired) electrons. The van der Waals surface area contributed by atoms with Gasteiger partial charge >= 0.3 is 0 Å². The van der Waals surface area contributed by atoms with Crippen molar-refractivity contribution in [1.82, 2.24) is 9.97 Å². The highest BCUT2D eigenvalue weighted by molar-refractivity contribution is 6.28. The van der Waals surface area contributed by atoms with Crippen LogP contribution in [-0.2, 0) is 6.42 Å². The van der Waals surface area contributed by atoms with Gasteiger partial charge in [0.1, 0.15) is 0 Å². The number of aryl methyl sites for hydroxylation is 1. The minimum absolute atomic E-state index is 0.305. The SMILES string of the molecule is Cc1ccc(Cc2ccnc(Cl)n2)cc1. The predicted octanol–water partition coefficient (Wildman–Crippen LogP) is 3.03. The highest BCUT2D eigenvalue weighted by Gasteiger charge is 1.98. The minimum Gasteiger partial charge on any atom is -0.227 e. The van der Waals surface area contributed by atoms with Gasteiger partial charge in [-0.25, -0.2) is 9.97 Å². The van der Waals surface area contributed by atoms with Crippen molar-refractivity contribution >= 4 is 11.6 Å². The second-order valence-electron chi connectivity index (χ2n) is 3.48. The maximum absolute atomic E-state index is 5.71. The summed E-state index contributed by atoms with van der Waals surface area (Å²) in [5, 5.41) is 0.305. The maximum atomic E-state index is 5.71. The summed E-state index contributed by atoms with van der Waals surface area (Å²) < 4.78 is 0. The van der Waals surface area contributed by atoms with Gasteiger partial charge in [0.25, 0.3) is 0 Å². The van der Waals surface area contributed by atoms with Crippen LogP contribution < -0.4 is 0 Å². The first kappa shape index (κ1) is 10.1. The maximum Gasteiger partial charge on any atom is 0.222 e. The number of benzene rings is 1. The van der Waals surface area contributed by atoms with E-state index in [0.29, 0.717) is 5.28 Å². The summed E-state index contributed by atoms with van der Waals surface area (Å²) in [6.45, 7) is 2.07. The average Bonchev–Trinajstić information content (AvgIpc) is 2.22. The zero-order chi connectivity index (χ0) is 10.7. The van der Waals surface area contributed by atoms with Gasteiger partial charge in [-0.05, 0) is 30.2 Å². The van der Waals surface area contributed by atoms with Gasteiger partial charge in [0.05, 0.1) is 0 Å². The number of nitrogens with zero attached hydrogens (tertiary/aromatic N) is 2. The Labute approximate surface area is 94.0 Å². The highest BCUT2D eigenvalue weighted by atomic mass is 35.5. The monoisotopic (exact) mass is 218 g/mol. The Bertz CT molecular complexity index is 451. The number of aromatic nitrogens is 2. The first-order chi connectivity index (χ1) is 7.24. The van der Waals surface area contributed by atoms with E-state index in [0.717, 1.165) is 12.1 Å². The average molecular weight is 219 g/mol. The summed E-state index contributed by atoms with van der Waals surface area (Å²) in [7, 11) is 0. The Morgan fingerprint density at radius 3 is 2.53 bits per heavy atom. The van der Waals surface area contributed by atoms with Crippen molar-refractivity contribution in [3.63, 3.8) is 0 Å². The largest absolute Gasteiger partial charge is 0.227 e. The second-order valence-corrected chi connectivity index (χ2v) is 3.82. The van der Waals surface area contributed by atoms with Gasteiger partial charge in [-0.2, -0.15) is 0 Å². The van der Waals surface area contributed by atoms with Crippen LogP contribution in [0.15, 0.2) is 36.5 Å². The van der Waals surface area contributed by atoms with E-state index in [1.807, 2.05) is 6.07 Å². The summed E-state index contributed by atoms with van der Waals surface area (Å²) in [5.74, 6) is 0. The van der Waals surface area contributed by atoms with Crippen LogP contribution in [0.1, 0.15) is 16.8 Å². The molecule has 0 spiro atoms. The molecule has 1 heterocycles.